The van der Waals surface area contributed by atoms with E-state index in [9.17, 15) is 4.79 Å². The summed E-state index contributed by atoms with van der Waals surface area (Å²) < 4.78 is 10.3. The summed E-state index contributed by atoms with van der Waals surface area (Å²) in [5, 5.41) is 6.72. The number of benzene rings is 1. The molecule has 1 N–H and O–H groups in total. The van der Waals surface area contributed by atoms with Crippen molar-refractivity contribution in [1.82, 2.24) is 20.4 Å². The van der Waals surface area contributed by atoms with Crippen LogP contribution in [-0.2, 0) is 6.54 Å². The molecule has 7 nitrogen and oxygen atoms in total. The van der Waals surface area contributed by atoms with Gasteiger partial charge in [-0.1, -0.05) is 12.1 Å². The zero-order valence-corrected chi connectivity index (χ0v) is 13.0. The first kappa shape index (κ1) is 15.8. The van der Waals surface area contributed by atoms with Gasteiger partial charge in [0, 0.05) is 19.2 Å². The summed E-state index contributed by atoms with van der Waals surface area (Å²) in [5.41, 5.74) is 0.828. The average Bonchev–Trinajstić information content (AvgIpc) is 3.01. The predicted molar refractivity (Wildman–Crippen MR) is 81.4 cm³/mol. The standard InChI is InChI=1S/C15H20N4O3/c1-4-9-16-15(20)19(2)10-13-17-14(18-22-13)11-5-7-12(21-3)8-6-11/h5-8H,4,9-10H2,1-3H3,(H,16,20). The van der Waals surface area contributed by atoms with Crippen molar-refractivity contribution in [3.8, 4) is 17.1 Å². The molecule has 7 heteroatoms. The molecule has 0 aliphatic rings. The molecule has 0 bridgehead atoms. The normalized spacial score (nSPS) is 10.3. The number of ether oxygens (including phenoxy) is 1. The van der Waals surface area contributed by atoms with Gasteiger partial charge in [0.25, 0.3) is 0 Å². The molecule has 2 amide bonds. The van der Waals surface area contributed by atoms with Crippen molar-refractivity contribution >= 4 is 6.03 Å². The number of nitrogens with zero attached hydrogens (tertiary/aromatic N) is 3. The summed E-state index contributed by atoms with van der Waals surface area (Å²) in [6, 6.07) is 7.20. The molecule has 0 spiro atoms. The zero-order chi connectivity index (χ0) is 15.9. The van der Waals surface area contributed by atoms with Crippen LogP contribution in [-0.4, -0.2) is 41.8 Å². The van der Waals surface area contributed by atoms with Gasteiger partial charge in [0.2, 0.25) is 11.7 Å². The third-order valence-electron chi connectivity index (χ3n) is 3.06. The molecule has 1 heterocycles. The SMILES string of the molecule is CCCNC(=O)N(C)Cc1nc(-c2ccc(OC)cc2)no1. The van der Waals surface area contributed by atoms with Gasteiger partial charge in [-0.3, -0.25) is 0 Å². The molecular weight excluding hydrogens is 284 g/mol. The number of methoxy groups -OCH3 is 1. The van der Waals surface area contributed by atoms with Crippen LogP contribution in [0.1, 0.15) is 19.2 Å². The molecule has 0 aliphatic carbocycles. The highest BCUT2D eigenvalue weighted by Crippen LogP contribution is 2.19. The number of urea groups is 1. The van der Waals surface area contributed by atoms with Gasteiger partial charge < -0.3 is 19.5 Å². The Morgan fingerprint density at radius 1 is 1.36 bits per heavy atom. The van der Waals surface area contributed by atoms with Crippen LogP contribution in [0.5, 0.6) is 5.75 Å². The third-order valence-corrected chi connectivity index (χ3v) is 3.06. The van der Waals surface area contributed by atoms with Crippen LogP contribution >= 0.6 is 0 Å². The van der Waals surface area contributed by atoms with Crippen molar-refractivity contribution < 1.29 is 14.1 Å². The number of carbonyl (C=O) groups is 1. The number of nitrogens with one attached hydrogen (secondary N) is 1. The van der Waals surface area contributed by atoms with E-state index in [4.69, 9.17) is 9.26 Å². The Labute approximate surface area is 129 Å². The number of rotatable bonds is 6. The number of aromatic nitrogens is 2. The Hall–Kier alpha value is -2.57. The minimum Gasteiger partial charge on any atom is -0.497 e. The number of carbonyl (C=O) groups excluding carboxylic acids is 1. The Bertz CT molecular complexity index is 610. The fourth-order valence-electron chi connectivity index (χ4n) is 1.82. The average molecular weight is 304 g/mol. The smallest absolute Gasteiger partial charge is 0.317 e. The molecule has 0 radical (unpaired) electrons. The minimum atomic E-state index is -0.161. The van der Waals surface area contributed by atoms with Gasteiger partial charge in [0.15, 0.2) is 0 Å². The van der Waals surface area contributed by atoms with E-state index in [1.54, 1.807) is 14.2 Å². The minimum absolute atomic E-state index is 0.161. The van der Waals surface area contributed by atoms with Crippen molar-refractivity contribution in [2.45, 2.75) is 19.9 Å². The largest absolute Gasteiger partial charge is 0.497 e. The zero-order valence-electron chi connectivity index (χ0n) is 13.0. The molecule has 118 valence electrons. The maximum Gasteiger partial charge on any atom is 0.317 e. The van der Waals surface area contributed by atoms with Gasteiger partial charge in [-0.15, -0.1) is 0 Å². The molecule has 0 saturated carbocycles. The van der Waals surface area contributed by atoms with Crippen molar-refractivity contribution in [3.63, 3.8) is 0 Å². The molecular formula is C15H20N4O3. The second-order valence-corrected chi connectivity index (χ2v) is 4.83. The van der Waals surface area contributed by atoms with Gasteiger partial charge in [-0.05, 0) is 30.7 Å². The van der Waals surface area contributed by atoms with E-state index in [0.29, 0.717) is 18.3 Å². The maximum absolute atomic E-state index is 11.8. The molecule has 0 atom stereocenters. The maximum atomic E-state index is 11.8. The summed E-state index contributed by atoms with van der Waals surface area (Å²) in [7, 11) is 3.29. The summed E-state index contributed by atoms with van der Waals surface area (Å²) >= 11 is 0. The topological polar surface area (TPSA) is 80.5 Å². The molecule has 0 fully saturated rings. The molecule has 0 aliphatic heterocycles. The Morgan fingerprint density at radius 2 is 2.09 bits per heavy atom. The molecule has 1 aromatic heterocycles. The van der Waals surface area contributed by atoms with Crippen LogP contribution in [0.25, 0.3) is 11.4 Å². The third kappa shape index (κ3) is 3.97. The quantitative estimate of drug-likeness (QED) is 0.885. The van der Waals surface area contributed by atoms with E-state index in [2.05, 4.69) is 15.5 Å². The van der Waals surface area contributed by atoms with Crippen molar-refractivity contribution in [1.29, 1.82) is 0 Å². The van der Waals surface area contributed by atoms with Crippen molar-refractivity contribution in [3.05, 3.63) is 30.2 Å². The van der Waals surface area contributed by atoms with E-state index in [-0.39, 0.29) is 12.6 Å². The van der Waals surface area contributed by atoms with Gasteiger partial charge in [0.1, 0.15) is 12.3 Å². The van der Waals surface area contributed by atoms with Gasteiger partial charge in [-0.2, -0.15) is 4.98 Å². The van der Waals surface area contributed by atoms with E-state index in [1.165, 1.54) is 4.90 Å². The second-order valence-electron chi connectivity index (χ2n) is 4.83. The first-order valence-electron chi connectivity index (χ1n) is 7.10. The Kier molecular flexibility index (Phi) is 5.35. The second kappa shape index (κ2) is 7.44. The van der Waals surface area contributed by atoms with Crippen LogP contribution < -0.4 is 10.1 Å². The Balaban J connectivity index is 2.00. The van der Waals surface area contributed by atoms with Crippen LogP contribution in [0.4, 0.5) is 4.79 Å². The highest BCUT2D eigenvalue weighted by molar-refractivity contribution is 5.73. The van der Waals surface area contributed by atoms with Crippen molar-refractivity contribution in [2.75, 3.05) is 20.7 Å². The lowest BCUT2D eigenvalue weighted by molar-refractivity contribution is 0.199. The van der Waals surface area contributed by atoms with Crippen molar-refractivity contribution in [2.24, 2.45) is 0 Å². The fourth-order valence-corrected chi connectivity index (χ4v) is 1.82. The molecule has 2 aromatic rings. The summed E-state index contributed by atoms with van der Waals surface area (Å²) in [5.74, 6) is 1.64. The molecule has 0 unspecified atom stereocenters. The molecule has 22 heavy (non-hydrogen) atoms. The summed E-state index contributed by atoms with van der Waals surface area (Å²) in [4.78, 5) is 17.6. The molecule has 2 rings (SSSR count). The molecule has 1 aromatic carbocycles. The van der Waals surface area contributed by atoms with Crippen LogP contribution in [0.3, 0.4) is 0 Å². The summed E-state index contributed by atoms with van der Waals surface area (Å²) in [6.07, 6.45) is 0.891. The van der Waals surface area contributed by atoms with Gasteiger partial charge in [-0.25, -0.2) is 4.79 Å². The Morgan fingerprint density at radius 3 is 2.73 bits per heavy atom. The summed E-state index contributed by atoms with van der Waals surface area (Å²) in [6.45, 7) is 2.90. The number of amides is 2. The first-order chi connectivity index (χ1) is 10.6. The van der Waals surface area contributed by atoms with Crippen LogP contribution in [0.15, 0.2) is 28.8 Å². The highest BCUT2D eigenvalue weighted by Gasteiger charge is 2.14. The van der Waals surface area contributed by atoms with Crippen LogP contribution in [0, 0.1) is 0 Å². The van der Waals surface area contributed by atoms with E-state index in [0.717, 1.165) is 17.7 Å². The lowest BCUT2D eigenvalue weighted by Gasteiger charge is -2.15. The first-order valence-corrected chi connectivity index (χ1v) is 7.10. The van der Waals surface area contributed by atoms with Gasteiger partial charge >= 0.3 is 6.03 Å². The number of hydrogen-bond donors (Lipinski definition) is 1. The monoisotopic (exact) mass is 304 g/mol. The predicted octanol–water partition coefficient (Wildman–Crippen LogP) is 2.30. The number of hydrogen-bond acceptors (Lipinski definition) is 5. The molecule has 0 saturated heterocycles. The lowest BCUT2D eigenvalue weighted by Crippen LogP contribution is -2.37. The lowest BCUT2D eigenvalue weighted by atomic mass is 10.2. The van der Waals surface area contributed by atoms with Crippen LogP contribution in [0.2, 0.25) is 0 Å². The van der Waals surface area contributed by atoms with E-state index in [1.807, 2.05) is 31.2 Å². The van der Waals surface area contributed by atoms with E-state index >= 15 is 0 Å². The van der Waals surface area contributed by atoms with E-state index < -0.39 is 0 Å². The van der Waals surface area contributed by atoms with Gasteiger partial charge in [0.05, 0.1) is 7.11 Å². The highest BCUT2D eigenvalue weighted by atomic mass is 16.5. The fraction of sp³-hybridized carbons (Fsp3) is 0.400.